The summed E-state index contributed by atoms with van der Waals surface area (Å²) in [5.74, 6) is 0.678. The number of hydrogen-bond acceptors (Lipinski definition) is 4. The number of methoxy groups -OCH3 is 1. The molecule has 2 rings (SSSR count). The number of halogens is 1. The zero-order valence-corrected chi connectivity index (χ0v) is 13.7. The molecule has 0 aliphatic rings. The third-order valence-corrected chi connectivity index (χ3v) is 5.24. The van der Waals surface area contributed by atoms with Crippen LogP contribution in [0.5, 0.6) is 5.75 Å². The van der Waals surface area contributed by atoms with Gasteiger partial charge in [0.1, 0.15) is 5.75 Å². The van der Waals surface area contributed by atoms with Crippen molar-refractivity contribution in [3.05, 3.63) is 52.5 Å². The molecule has 0 spiro atoms. The molecule has 2 aromatic carbocycles. The molecule has 21 heavy (non-hydrogen) atoms. The molecule has 0 aliphatic heterocycles. The fourth-order valence-electron chi connectivity index (χ4n) is 1.76. The first-order valence-electron chi connectivity index (χ1n) is 6.10. The Kier molecular flexibility index (Phi) is 4.87. The zero-order chi connectivity index (χ0) is 15.5. The van der Waals surface area contributed by atoms with Crippen LogP contribution >= 0.6 is 15.9 Å². The van der Waals surface area contributed by atoms with Crippen LogP contribution in [-0.4, -0.2) is 15.5 Å². The number of nitrogen functional groups attached to an aromatic ring is 1. The molecule has 0 unspecified atom stereocenters. The van der Waals surface area contributed by atoms with Crippen LogP contribution in [0.1, 0.15) is 5.56 Å². The summed E-state index contributed by atoms with van der Waals surface area (Å²) in [6, 6.07) is 11.8. The fourth-order valence-corrected chi connectivity index (χ4v) is 3.78. The topological polar surface area (TPSA) is 81.4 Å². The van der Waals surface area contributed by atoms with E-state index >= 15 is 0 Å². The lowest BCUT2D eigenvalue weighted by Gasteiger charge is -2.10. The highest BCUT2D eigenvalue weighted by Gasteiger charge is 2.17. The van der Waals surface area contributed by atoms with Gasteiger partial charge in [0.25, 0.3) is 0 Å². The minimum atomic E-state index is -3.65. The van der Waals surface area contributed by atoms with Gasteiger partial charge in [-0.15, -0.1) is 0 Å². The number of nitrogens with two attached hydrogens (primary N) is 1. The number of sulfonamides is 1. The maximum Gasteiger partial charge on any atom is 0.242 e. The Bertz CT molecular complexity index is 748. The van der Waals surface area contributed by atoms with Gasteiger partial charge in [0.15, 0.2) is 0 Å². The first-order valence-corrected chi connectivity index (χ1v) is 8.37. The molecule has 0 radical (unpaired) electrons. The maximum absolute atomic E-state index is 12.3. The highest BCUT2D eigenvalue weighted by Crippen LogP contribution is 2.24. The second-order valence-corrected chi connectivity index (χ2v) is 6.96. The van der Waals surface area contributed by atoms with Gasteiger partial charge in [0.2, 0.25) is 10.0 Å². The zero-order valence-electron chi connectivity index (χ0n) is 11.3. The van der Waals surface area contributed by atoms with Crippen LogP contribution in [0.25, 0.3) is 0 Å². The summed E-state index contributed by atoms with van der Waals surface area (Å²) in [5.41, 5.74) is 6.83. The molecular formula is C14H15BrN2O3S. The Morgan fingerprint density at radius 3 is 2.71 bits per heavy atom. The SMILES string of the molecule is COc1cccc(CNS(=O)(=O)c2cc(N)ccc2Br)c1. The van der Waals surface area contributed by atoms with E-state index in [-0.39, 0.29) is 11.4 Å². The van der Waals surface area contributed by atoms with E-state index in [1.807, 2.05) is 6.07 Å². The number of rotatable bonds is 5. The van der Waals surface area contributed by atoms with Crippen LogP contribution in [0, 0.1) is 0 Å². The van der Waals surface area contributed by atoms with Crippen LogP contribution in [0.2, 0.25) is 0 Å². The lowest BCUT2D eigenvalue weighted by atomic mass is 10.2. The van der Waals surface area contributed by atoms with Gasteiger partial charge >= 0.3 is 0 Å². The Morgan fingerprint density at radius 1 is 1.24 bits per heavy atom. The average Bonchev–Trinajstić information content (AvgIpc) is 2.48. The minimum Gasteiger partial charge on any atom is -0.497 e. The molecule has 0 fully saturated rings. The number of anilines is 1. The molecule has 0 atom stereocenters. The van der Waals surface area contributed by atoms with Gasteiger partial charge in [-0.3, -0.25) is 0 Å². The molecule has 112 valence electrons. The van der Waals surface area contributed by atoms with Crippen LogP contribution in [0.4, 0.5) is 5.69 Å². The van der Waals surface area contributed by atoms with Crippen LogP contribution in [-0.2, 0) is 16.6 Å². The third-order valence-electron chi connectivity index (χ3n) is 2.85. The van der Waals surface area contributed by atoms with E-state index in [1.54, 1.807) is 37.4 Å². The molecule has 0 heterocycles. The Balaban J connectivity index is 2.19. The first kappa shape index (κ1) is 15.8. The summed E-state index contributed by atoms with van der Waals surface area (Å²) >= 11 is 3.22. The summed E-state index contributed by atoms with van der Waals surface area (Å²) in [7, 11) is -2.09. The molecular weight excluding hydrogens is 356 g/mol. The molecule has 0 aromatic heterocycles. The van der Waals surface area contributed by atoms with Gasteiger partial charge in [0, 0.05) is 16.7 Å². The van der Waals surface area contributed by atoms with Gasteiger partial charge in [-0.2, -0.15) is 0 Å². The van der Waals surface area contributed by atoms with Crippen molar-refractivity contribution in [2.24, 2.45) is 0 Å². The predicted molar refractivity (Wildman–Crippen MR) is 85.6 cm³/mol. The van der Waals surface area contributed by atoms with E-state index in [1.165, 1.54) is 6.07 Å². The summed E-state index contributed by atoms with van der Waals surface area (Å²) in [5, 5.41) is 0. The van der Waals surface area contributed by atoms with E-state index < -0.39 is 10.0 Å². The monoisotopic (exact) mass is 370 g/mol. The molecule has 0 saturated heterocycles. The predicted octanol–water partition coefficient (Wildman–Crippen LogP) is 2.52. The molecule has 0 bridgehead atoms. The van der Waals surface area contributed by atoms with E-state index in [9.17, 15) is 8.42 Å². The summed E-state index contributed by atoms with van der Waals surface area (Å²) in [6.07, 6.45) is 0. The van der Waals surface area contributed by atoms with Gasteiger partial charge in [0.05, 0.1) is 12.0 Å². The number of hydrogen-bond donors (Lipinski definition) is 2. The molecule has 2 aromatic rings. The van der Waals surface area contributed by atoms with Crippen molar-refractivity contribution in [3.8, 4) is 5.75 Å². The largest absolute Gasteiger partial charge is 0.497 e. The van der Waals surface area contributed by atoms with Crippen LogP contribution < -0.4 is 15.2 Å². The summed E-state index contributed by atoms with van der Waals surface area (Å²) in [6.45, 7) is 0.167. The average molecular weight is 371 g/mol. The highest BCUT2D eigenvalue weighted by atomic mass is 79.9. The number of nitrogens with one attached hydrogen (secondary N) is 1. The second kappa shape index (κ2) is 6.46. The normalized spacial score (nSPS) is 11.3. The van der Waals surface area contributed by atoms with Gasteiger partial charge in [-0.1, -0.05) is 12.1 Å². The Morgan fingerprint density at radius 2 is 2.00 bits per heavy atom. The fraction of sp³-hybridized carbons (Fsp3) is 0.143. The molecule has 0 saturated carbocycles. The maximum atomic E-state index is 12.3. The van der Waals surface area contributed by atoms with Gasteiger partial charge in [-0.25, -0.2) is 13.1 Å². The molecule has 7 heteroatoms. The van der Waals surface area contributed by atoms with Crippen molar-refractivity contribution in [1.29, 1.82) is 0 Å². The van der Waals surface area contributed by atoms with Crippen LogP contribution in [0.15, 0.2) is 51.8 Å². The Hall–Kier alpha value is -1.57. The number of benzene rings is 2. The standard InChI is InChI=1S/C14H15BrN2O3S/c1-20-12-4-2-3-10(7-12)9-17-21(18,19)14-8-11(16)5-6-13(14)15/h2-8,17H,9,16H2,1H3. The van der Waals surface area contributed by atoms with Gasteiger partial charge in [-0.05, 0) is 51.8 Å². The van der Waals surface area contributed by atoms with E-state index in [0.717, 1.165) is 5.56 Å². The molecule has 3 N–H and O–H groups in total. The molecule has 5 nitrogen and oxygen atoms in total. The van der Waals surface area contributed by atoms with Crippen molar-refractivity contribution in [2.45, 2.75) is 11.4 Å². The van der Waals surface area contributed by atoms with Crippen molar-refractivity contribution in [2.75, 3.05) is 12.8 Å². The van der Waals surface area contributed by atoms with E-state index in [2.05, 4.69) is 20.7 Å². The highest BCUT2D eigenvalue weighted by molar-refractivity contribution is 9.10. The first-order chi connectivity index (χ1) is 9.92. The van der Waals surface area contributed by atoms with Crippen molar-refractivity contribution in [1.82, 2.24) is 4.72 Å². The summed E-state index contributed by atoms with van der Waals surface area (Å²) < 4.78 is 32.7. The summed E-state index contributed by atoms with van der Waals surface area (Å²) in [4.78, 5) is 0.116. The van der Waals surface area contributed by atoms with Gasteiger partial charge < -0.3 is 10.5 Å². The lowest BCUT2D eigenvalue weighted by molar-refractivity contribution is 0.414. The second-order valence-electron chi connectivity index (χ2n) is 4.37. The number of ether oxygens (including phenoxy) is 1. The lowest BCUT2D eigenvalue weighted by Crippen LogP contribution is -2.23. The minimum absolute atomic E-state index is 0.116. The van der Waals surface area contributed by atoms with E-state index in [4.69, 9.17) is 10.5 Å². The van der Waals surface area contributed by atoms with E-state index in [0.29, 0.717) is 15.9 Å². The Labute approximate surface area is 132 Å². The molecule has 0 aliphatic carbocycles. The molecule has 0 amide bonds. The van der Waals surface area contributed by atoms with Crippen molar-refractivity contribution in [3.63, 3.8) is 0 Å². The van der Waals surface area contributed by atoms with Crippen LogP contribution in [0.3, 0.4) is 0 Å². The van der Waals surface area contributed by atoms with Crippen molar-refractivity contribution >= 4 is 31.6 Å². The smallest absolute Gasteiger partial charge is 0.242 e. The quantitative estimate of drug-likeness (QED) is 0.792. The van der Waals surface area contributed by atoms with Crippen molar-refractivity contribution < 1.29 is 13.2 Å². The third kappa shape index (κ3) is 3.96.